The Kier molecular flexibility index (Phi) is 26.0. The van der Waals surface area contributed by atoms with Crippen LogP contribution in [0.2, 0.25) is 0 Å². The van der Waals surface area contributed by atoms with Crippen molar-refractivity contribution in [2.24, 2.45) is 0 Å². The van der Waals surface area contributed by atoms with Crippen molar-refractivity contribution in [3.8, 4) is 5.75 Å². The number of nitrogens with zero attached hydrogens (tertiary/aromatic N) is 3. The van der Waals surface area contributed by atoms with Gasteiger partial charge in [0.25, 0.3) is 5.82 Å². The molecule has 3 rings (SSSR count). The number of anilines is 1. The Bertz CT molecular complexity index is 1520. The monoisotopic (exact) mass is 846 g/mol. The van der Waals surface area contributed by atoms with Crippen molar-refractivity contribution < 1.29 is 59.8 Å². The predicted molar refractivity (Wildman–Crippen MR) is 224 cm³/mol. The van der Waals surface area contributed by atoms with E-state index in [1.54, 1.807) is 47.2 Å². The van der Waals surface area contributed by atoms with E-state index < -0.39 is 36.5 Å². The molecule has 1 N–H and O–H groups in total. The number of rotatable bonds is 26. The van der Waals surface area contributed by atoms with E-state index in [0.717, 1.165) is 37.0 Å². The number of imide groups is 1. The summed E-state index contributed by atoms with van der Waals surface area (Å²) in [4.78, 5) is 55.9. The summed E-state index contributed by atoms with van der Waals surface area (Å²) in [7, 11) is 2.93. The quantitative estimate of drug-likeness (QED) is 0.0621. The van der Waals surface area contributed by atoms with Gasteiger partial charge < -0.3 is 41.4 Å². The molecule has 1 aliphatic rings. The summed E-state index contributed by atoms with van der Waals surface area (Å²) in [5.41, 5.74) is 0.201. The molecule has 0 saturated carbocycles. The van der Waals surface area contributed by atoms with Crippen LogP contribution in [0.1, 0.15) is 147 Å². The van der Waals surface area contributed by atoms with Gasteiger partial charge in [0.05, 0.1) is 33.1 Å². The molecule has 13 nitrogen and oxygen atoms in total. The first-order valence-corrected chi connectivity index (χ1v) is 21.8. The first-order chi connectivity index (χ1) is 28.3. The lowest BCUT2D eigenvalue weighted by molar-refractivity contribution is -0.680. The maximum atomic E-state index is 13.8. The molecule has 2 heterocycles. The molecule has 14 heteroatoms. The van der Waals surface area contributed by atoms with Crippen molar-refractivity contribution in [3.63, 3.8) is 0 Å². The number of hydrogen-bond acceptors (Lipinski definition) is 9. The molecule has 1 aromatic heterocycles. The third-order valence-corrected chi connectivity index (χ3v) is 10.6. The molecule has 2 aromatic rings. The fraction of sp³-hybridized carbons (Fsp3) is 0.667. The van der Waals surface area contributed by atoms with Gasteiger partial charge in [-0.05, 0) is 50.8 Å². The van der Waals surface area contributed by atoms with Crippen LogP contribution in [0.5, 0.6) is 5.75 Å². The number of carbonyl (C=O) groups is 4. The zero-order valence-electron chi connectivity index (χ0n) is 36.3. The van der Waals surface area contributed by atoms with Gasteiger partial charge in [-0.1, -0.05) is 120 Å². The van der Waals surface area contributed by atoms with Gasteiger partial charge in [-0.3, -0.25) is 4.90 Å². The van der Waals surface area contributed by atoms with Gasteiger partial charge in [0.1, 0.15) is 17.4 Å². The molecule has 1 aliphatic heterocycles. The highest BCUT2D eigenvalue weighted by Gasteiger charge is 2.39. The Balaban J connectivity index is 0.0000120. The van der Waals surface area contributed by atoms with Crippen LogP contribution in [-0.2, 0) is 25.5 Å². The average molecular weight is 848 g/mol. The minimum absolute atomic E-state index is 0. The third kappa shape index (κ3) is 17.6. The van der Waals surface area contributed by atoms with Crippen LogP contribution >= 0.6 is 0 Å². The number of amides is 4. The number of carbonyl (C=O) groups excluding carboxylic acids is 4. The second kappa shape index (κ2) is 30.0. The van der Waals surface area contributed by atoms with E-state index in [1.807, 2.05) is 13.0 Å². The van der Waals surface area contributed by atoms with Crippen LogP contribution in [-0.4, -0.2) is 81.4 Å². The zero-order valence-corrected chi connectivity index (χ0v) is 37.1. The van der Waals surface area contributed by atoms with Crippen molar-refractivity contribution in [1.29, 1.82) is 0 Å². The lowest BCUT2D eigenvalue weighted by Crippen LogP contribution is -3.00. The molecule has 3 atom stereocenters. The van der Waals surface area contributed by atoms with Crippen molar-refractivity contribution in [1.82, 2.24) is 10.2 Å². The lowest BCUT2D eigenvalue weighted by atomic mass is 10.0. The first kappa shape index (κ1) is 51.0. The van der Waals surface area contributed by atoms with E-state index in [1.165, 1.54) is 83.3 Å². The van der Waals surface area contributed by atoms with Crippen LogP contribution in [0.25, 0.3) is 0 Å². The van der Waals surface area contributed by atoms with Crippen LogP contribution in [0.15, 0.2) is 48.7 Å². The lowest BCUT2D eigenvalue weighted by Gasteiger charge is -2.38. The number of aryl methyl sites for hydroxylation is 1. The largest absolute Gasteiger partial charge is 1.00 e. The number of unbranched alkanes of at least 4 members (excludes halogenated alkanes) is 11. The first-order valence-electron chi connectivity index (χ1n) is 21.8. The summed E-state index contributed by atoms with van der Waals surface area (Å²) in [5, 5.41) is 3.07. The number of aromatic nitrogens is 1. The van der Waals surface area contributed by atoms with E-state index in [4.69, 9.17) is 23.7 Å². The fourth-order valence-corrected chi connectivity index (χ4v) is 7.42. The Labute approximate surface area is 359 Å². The number of ether oxygens (including phenoxy) is 5. The van der Waals surface area contributed by atoms with Gasteiger partial charge in [0.15, 0.2) is 6.23 Å². The maximum absolute atomic E-state index is 13.8. The molecular weight excluding hydrogens is 776 g/mol. The number of methoxy groups -OCH3 is 2. The van der Waals surface area contributed by atoms with Crippen molar-refractivity contribution in [2.75, 3.05) is 38.9 Å². The molecule has 3 unspecified atom stereocenters. The standard InChI is InChI=1S/C45H70N4O9.ClH/c1-6-9-10-11-12-13-14-15-16-17-18-19-27-36(26-7-2)46-43(51)58-39-30-24-33-48(42(39)55-5)44(52)56-34-25-35-57-45(53)49(40-31-22-23-32-47(40)8-3)41(50)37-28-20-21-29-38(37)54-4;/h20-23,28-29,31-32,36,39,42H,6-19,24-27,30,33-35H2,1-5H3;1H. The molecule has 0 spiro atoms. The Hall–Kier alpha value is -4.10. The van der Waals surface area contributed by atoms with E-state index in [9.17, 15) is 19.2 Å². The highest BCUT2D eigenvalue weighted by Crippen LogP contribution is 2.24. The Morgan fingerprint density at radius 3 is 2.08 bits per heavy atom. The number of para-hydroxylation sites is 1. The summed E-state index contributed by atoms with van der Waals surface area (Å²) in [6.45, 7) is 6.99. The van der Waals surface area contributed by atoms with Gasteiger partial charge >= 0.3 is 24.2 Å². The minimum atomic E-state index is -0.875. The van der Waals surface area contributed by atoms with Crippen LogP contribution < -0.4 is 31.9 Å². The van der Waals surface area contributed by atoms with Gasteiger partial charge in [-0.2, -0.15) is 4.79 Å². The molecule has 1 aromatic carbocycles. The molecule has 0 aliphatic carbocycles. The van der Waals surface area contributed by atoms with Crippen molar-refractivity contribution in [2.45, 2.75) is 161 Å². The van der Waals surface area contributed by atoms with Crippen molar-refractivity contribution in [3.05, 3.63) is 54.2 Å². The summed E-state index contributed by atoms with van der Waals surface area (Å²) < 4.78 is 29.7. The summed E-state index contributed by atoms with van der Waals surface area (Å²) in [5.74, 6) is 0.0464. The fourth-order valence-electron chi connectivity index (χ4n) is 7.42. The van der Waals surface area contributed by atoms with E-state index in [2.05, 4.69) is 19.2 Å². The van der Waals surface area contributed by atoms with Gasteiger partial charge in [-0.15, -0.1) is 0 Å². The molecule has 332 valence electrons. The number of pyridine rings is 1. The molecule has 4 amide bonds. The number of halogens is 1. The maximum Gasteiger partial charge on any atom is 0.515 e. The summed E-state index contributed by atoms with van der Waals surface area (Å²) >= 11 is 0. The van der Waals surface area contributed by atoms with Crippen LogP contribution in [0.3, 0.4) is 0 Å². The highest BCUT2D eigenvalue weighted by molar-refractivity contribution is 6.19. The molecule has 1 saturated heterocycles. The van der Waals surface area contributed by atoms with E-state index in [0.29, 0.717) is 37.5 Å². The predicted octanol–water partition coefficient (Wildman–Crippen LogP) is 6.74. The van der Waals surface area contributed by atoms with Crippen LogP contribution in [0, 0.1) is 0 Å². The number of benzene rings is 1. The molecule has 0 bridgehead atoms. The third-order valence-electron chi connectivity index (χ3n) is 10.6. The second-order valence-electron chi connectivity index (χ2n) is 15.0. The Morgan fingerprint density at radius 2 is 1.44 bits per heavy atom. The minimum Gasteiger partial charge on any atom is -1.00 e. The smallest absolute Gasteiger partial charge is 0.515 e. The SMILES string of the molecule is CCCCCCCCCCCCCCC(CCC)NC(=O)OC1CCCN(C(=O)OCCCOC(=O)N(C(=O)c2ccccc2OC)c2cccc[n+]2CC)C1OC.[Cl-]. The number of nitrogens with one attached hydrogen (secondary N) is 1. The number of hydrogen-bond donors (Lipinski definition) is 1. The zero-order chi connectivity index (χ0) is 42.0. The molecule has 1 fully saturated rings. The molecule has 59 heavy (non-hydrogen) atoms. The highest BCUT2D eigenvalue weighted by atomic mass is 35.5. The normalized spacial score (nSPS) is 15.4. The number of piperidine rings is 1. The number of alkyl carbamates (subject to hydrolysis) is 1. The molecule has 0 radical (unpaired) electrons. The molecular formula is C45H71ClN4O9. The van der Waals surface area contributed by atoms with Crippen molar-refractivity contribution >= 4 is 30.0 Å². The van der Waals surface area contributed by atoms with Gasteiger partial charge in [-0.25, -0.2) is 19.0 Å². The summed E-state index contributed by atoms with van der Waals surface area (Å²) in [6, 6.07) is 11.9. The summed E-state index contributed by atoms with van der Waals surface area (Å²) in [6.07, 6.45) is 17.9. The van der Waals surface area contributed by atoms with E-state index in [-0.39, 0.29) is 43.6 Å². The second-order valence-corrected chi connectivity index (χ2v) is 15.0. The van der Waals surface area contributed by atoms with Gasteiger partial charge in [0, 0.05) is 32.2 Å². The topological polar surface area (TPSA) is 137 Å². The number of likely N-dealkylation sites (tertiary alicyclic amines) is 1. The van der Waals surface area contributed by atoms with Crippen LogP contribution in [0.4, 0.5) is 20.2 Å². The average Bonchev–Trinajstić information content (AvgIpc) is 3.23. The van der Waals surface area contributed by atoms with Gasteiger partial charge in [0.2, 0.25) is 0 Å². The van der Waals surface area contributed by atoms with E-state index >= 15 is 0 Å². The Morgan fingerprint density at radius 1 is 0.797 bits per heavy atom.